The Hall–Kier alpha value is -1.56. The molecule has 2 fully saturated rings. The minimum absolute atomic E-state index is 0.374. The molecule has 1 saturated heterocycles. The fraction of sp³-hybridized carbons (Fsp3) is 0.818. The molecule has 1 aromatic heterocycles. The van der Waals surface area contributed by atoms with Gasteiger partial charge in [-0.2, -0.15) is 0 Å². The minimum Gasteiger partial charge on any atom is -0.378 e. The van der Waals surface area contributed by atoms with Gasteiger partial charge in [-0.05, 0) is 51.4 Å². The number of likely N-dealkylation sites (tertiary alicyclic amines) is 1. The van der Waals surface area contributed by atoms with E-state index in [-0.39, 0.29) is 0 Å². The third kappa shape index (κ3) is 5.49. The second-order valence-corrected chi connectivity index (χ2v) is 8.35. The molecule has 0 radical (unpaired) electrons. The van der Waals surface area contributed by atoms with E-state index in [4.69, 9.17) is 9.73 Å². The quantitative estimate of drug-likeness (QED) is 0.544. The Morgan fingerprint density at radius 1 is 1.29 bits per heavy atom. The summed E-state index contributed by atoms with van der Waals surface area (Å²) in [6.07, 6.45) is 13.9. The number of rotatable bonds is 8. The van der Waals surface area contributed by atoms with Crippen LogP contribution >= 0.6 is 0 Å². The van der Waals surface area contributed by atoms with Crippen LogP contribution < -0.4 is 5.32 Å². The number of piperidine rings is 1. The van der Waals surface area contributed by atoms with E-state index in [9.17, 15) is 0 Å². The van der Waals surface area contributed by atoms with Gasteiger partial charge in [-0.25, -0.2) is 4.98 Å². The zero-order chi connectivity index (χ0) is 19.8. The maximum Gasteiger partial charge on any atom is 0.193 e. The summed E-state index contributed by atoms with van der Waals surface area (Å²) in [6, 6.07) is 0.453. The molecule has 1 aliphatic carbocycles. The molecule has 2 aliphatic rings. The van der Waals surface area contributed by atoms with Gasteiger partial charge in [-0.3, -0.25) is 4.99 Å². The van der Waals surface area contributed by atoms with Crippen molar-refractivity contribution in [2.45, 2.75) is 71.4 Å². The van der Waals surface area contributed by atoms with Crippen LogP contribution in [0, 0.1) is 11.8 Å². The van der Waals surface area contributed by atoms with Crippen molar-refractivity contribution >= 4 is 5.96 Å². The Morgan fingerprint density at radius 3 is 2.79 bits per heavy atom. The maximum atomic E-state index is 6.08. The van der Waals surface area contributed by atoms with E-state index >= 15 is 0 Å². The van der Waals surface area contributed by atoms with Gasteiger partial charge in [0.1, 0.15) is 0 Å². The summed E-state index contributed by atoms with van der Waals surface area (Å²) in [4.78, 5) is 11.7. The molecule has 3 unspecified atom stereocenters. The Balaban J connectivity index is 1.61. The molecule has 1 aromatic rings. The molecule has 3 atom stereocenters. The van der Waals surface area contributed by atoms with Crippen molar-refractivity contribution in [1.29, 1.82) is 0 Å². The van der Waals surface area contributed by atoms with E-state index in [0.29, 0.717) is 18.1 Å². The normalized spacial score (nSPS) is 25.2. The fourth-order valence-corrected chi connectivity index (χ4v) is 4.82. The average molecular weight is 390 g/mol. The lowest BCUT2D eigenvalue weighted by atomic mass is 9.93. The standard InChI is InChI=1S/C22H39N5O/c1-4-24-22(25-12-10-21(28-5-2)19-8-6-7-9-19)26-14-11-18(3)20(16-26)27-15-13-23-17-27/h13,15,17-21H,4-12,14,16H2,1-3H3,(H,24,25). The Labute approximate surface area is 170 Å². The van der Waals surface area contributed by atoms with Gasteiger partial charge < -0.3 is 19.5 Å². The number of nitrogens with zero attached hydrogens (tertiary/aromatic N) is 4. The topological polar surface area (TPSA) is 54.7 Å². The maximum absolute atomic E-state index is 6.08. The third-order valence-electron chi connectivity index (χ3n) is 6.44. The number of imidazole rings is 1. The largest absolute Gasteiger partial charge is 0.378 e. The molecule has 6 heteroatoms. The molecule has 0 amide bonds. The predicted octanol–water partition coefficient (Wildman–Crippen LogP) is 3.72. The number of aliphatic imine (C=N–C) groups is 1. The van der Waals surface area contributed by atoms with Crippen LogP contribution in [0.4, 0.5) is 0 Å². The van der Waals surface area contributed by atoms with E-state index in [2.05, 4.69) is 46.7 Å². The van der Waals surface area contributed by atoms with Gasteiger partial charge in [0, 0.05) is 45.2 Å². The predicted molar refractivity (Wildman–Crippen MR) is 115 cm³/mol. The highest BCUT2D eigenvalue weighted by Crippen LogP contribution is 2.31. The third-order valence-corrected chi connectivity index (χ3v) is 6.44. The molecule has 3 rings (SSSR count). The van der Waals surface area contributed by atoms with Crippen molar-refractivity contribution in [3.63, 3.8) is 0 Å². The Bertz CT molecular complexity index is 582. The van der Waals surface area contributed by atoms with Gasteiger partial charge in [-0.1, -0.05) is 19.8 Å². The van der Waals surface area contributed by atoms with Gasteiger partial charge in [-0.15, -0.1) is 0 Å². The first-order valence-electron chi connectivity index (χ1n) is 11.3. The number of aromatic nitrogens is 2. The van der Waals surface area contributed by atoms with Gasteiger partial charge >= 0.3 is 0 Å². The molecule has 1 aliphatic heterocycles. The summed E-state index contributed by atoms with van der Waals surface area (Å²) in [6.45, 7) is 11.2. The van der Waals surface area contributed by atoms with E-state index in [1.165, 1.54) is 32.1 Å². The van der Waals surface area contributed by atoms with Crippen molar-refractivity contribution in [2.24, 2.45) is 16.8 Å². The highest BCUT2D eigenvalue weighted by atomic mass is 16.5. The van der Waals surface area contributed by atoms with E-state index in [1.54, 1.807) is 0 Å². The molecule has 0 aromatic carbocycles. The molecule has 158 valence electrons. The molecule has 1 saturated carbocycles. The minimum atomic E-state index is 0.374. The molecule has 0 bridgehead atoms. The highest BCUT2D eigenvalue weighted by Gasteiger charge is 2.29. The summed E-state index contributed by atoms with van der Waals surface area (Å²) < 4.78 is 8.34. The number of hydrogen-bond acceptors (Lipinski definition) is 3. The van der Waals surface area contributed by atoms with Crippen LogP contribution in [0.15, 0.2) is 23.7 Å². The lowest BCUT2D eigenvalue weighted by Crippen LogP contribution is -2.49. The average Bonchev–Trinajstić information content (AvgIpc) is 3.41. The number of hydrogen-bond donors (Lipinski definition) is 1. The molecule has 28 heavy (non-hydrogen) atoms. The monoisotopic (exact) mass is 389 g/mol. The zero-order valence-corrected chi connectivity index (χ0v) is 18.0. The summed E-state index contributed by atoms with van der Waals surface area (Å²) in [5, 5.41) is 3.52. The highest BCUT2D eigenvalue weighted by molar-refractivity contribution is 5.80. The lowest BCUT2D eigenvalue weighted by Gasteiger charge is -2.39. The summed E-state index contributed by atoms with van der Waals surface area (Å²) in [5.41, 5.74) is 0. The van der Waals surface area contributed by atoms with Crippen LogP contribution in [0.5, 0.6) is 0 Å². The molecular weight excluding hydrogens is 350 g/mol. The second-order valence-electron chi connectivity index (χ2n) is 8.35. The number of guanidine groups is 1. The van der Waals surface area contributed by atoms with Gasteiger partial charge in [0.25, 0.3) is 0 Å². The fourth-order valence-electron chi connectivity index (χ4n) is 4.82. The zero-order valence-electron chi connectivity index (χ0n) is 18.0. The SMILES string of the molecule is CCNC(=NCCC(OCC)C1CCCC1)N1CCC(C)C(n2ccnc2)C1. The van der Waals surface area contributed by atoms with Crippen molar-refractivity contribution in [2.75, 3.05) is 32.8 Å². The summed E-state index contributed by atoms with van der Waals surface area (Å²) in [5.74, 6) is 2.44. The van der Waals surface area contributed by atoms with E-state index in [0.717, 1.165) is 51.1 Å². The van der Waals surface area contributed by atoms with Crippen molar-refractivity contribution in [3.8, 4) is 0 Å². The first-order valence-corrected chi connectivity index (χ1v) is 11.3. The summed E-state index contributed by atoms with van der Waals surface area (Å²) in [7, 11) is 0. The van der Waals surface area contributed by atoms with Crippen LogP contribution in [0.3, 0.4) is 0 Å². The van der Waals surface area contributed by atoms with E-state index in [1.807, 2.05) is 12.5 Å². The van der Waals surface area contributed by atoms with Crippen molar-refractivity contribution < 1.29 is 4.74 Å². The van der Waals surface area contributed by atoms with Crippen molar-refractivity contribution in [3.05, 3.63) is 18.7 Å². The van der Waals surface area contributed by atoms with Crippen LogP contribution in [-0.4, -0.2) is 59.3 Å². The lowest BCUT2D eigenvalue weighted by molar-refractivity contribution is 0.0177. The molecule has 2 heterocycles. The van der Waals surface area contributed by atoms with Gasteiger partial charge in [0.05, 0.1) is 18.5 Å². The smallest absolute Gasteiger partial charge is 0.193 e. The van der Waals surface area contributed by atoms with E-state index < -0.39 is 0 Å². The Morgan fingerprint density at radius 2 is 2.11 bits per heavy atom. The Kier molecular flexibility index (Phi) is 8.19. The second kappa shape index (κ2) is 10.8. The molecule has 0 spiro atoms. The summed E-state index contributed by atoms with van der Waals surface area (Å²) >= 11 is 0. The first-order chi connectivity index (χ1) is 13.7. The van der Waals surface area contributed by atoms with Crippen LogP contribution in [0.25, 0.3) is 0 Å². The van der Waals surface area contributed by atoms with Crippen molar-refractivity contribution in [1.82, 2.24) is 19.8 Å². The molecular formula is C22H39N5O. The molecule has 6 nitrogen and oxygen atoms in total. The molecule has 1 N–H and O–H groups in total. The van der Waals surface area contributed by atoms with Crippen LogP contribution in [0.1, 0.15) is 65.3 Å². The van der Waals surface area contributed by atoms with Crippen LogP contribution in [0.2, 0.25) is 0 Å². The van der Waals surface area contributed by atoms with Gasteiger partial charge in [0.2, 0.25) is 0 Å². The number of nitrogens with one attached hydrogen (secondary N) is 1. The first kappa shape index (κ1) is 21.2. The van der Waals surface area contributed by atoms with Gasteiger partial charge in [0.15, 0.2) is 5.96 Å². The number of ether oxygens (including phenoxy) is 1. The van der Waals surface area contributed by atoms with Crippen LogP contribution in [-0.2, 0) is 4.74 Å².